The number of aliphatic hydroxyl groups is 1. The van der Waals surface area contributed by atoms with E-state index in [2.05, 4.69) is 67.9 Å². The molecule has 0 aliphatic carbocycles. The molecule has 0 bridgehead atoms. The molecule has 0 aromatic heterocycles. The Labute approximate surface area is 160 Å². The Morgan fingerprint density at radius 2 is 1.54 bits per heavy atom. The minimum absolute atomic E-state index is 0.140. The number of quaternary nitrogens is 1. The fraction of sp³-hybridized carbons (Fsp3) is 0.727. The molecule has 0 aliphatic rings. The van der Waals surface area contributed by atoms with Crippen LogP contribution in [0.4, 0.5) is 0 Å². The van der Waals surface area contributed by atoms with E-state index in [1.54, 1.807) is 0 Å². The maximum atomic E-state index is 9.91. The van der Waals surface area contributed by atoms with Crippen molar-refractivity contribution in [1.82, 2.24) is 0 Å². The van der Waals surface area contributed by atoms with Crippen molar-refractivity contribution in [3.63, 3.8) is 0 Å². The predicted molar refractivity (Wildman–Crippen MR) is 109 cm³/mol. The fourth-order valence-corrected chi connectivity index (χ4v) is 3.55. The monoisotopic (exact) mass is 366 g/mol. The molecule has 0 saturated heterocycles. The summed E-state index contributed by atoms with van der Waals surface area (Å²) in [5.41, 5.74) is 1.77. The van der Waals surface area contributed by atoms with Crippen molar-refractivity contribution in [2.75, 3.05) is 47.5 Å². The van der Waals surface area contributed by atoms with Crippen LogP contribution in [0.1, 0.15) is 46.6 Å². The van der Waals surface area contributed by atoms with E-state index in [1.165, 1.54) is 5.56 Å². The molecule has 0 heterocycles. The number of ether oxygens (including phenoxy) is 2. The van der Waals surface area contributed by atoms with Crippen LogP contribution in [0.15, 0.2) is 24.3 Å². The van der Waals surface area contributed by atoms with Gasteiger partial charge >= 0.3 is 0 Å². The lowest BCUT2D eigenvalue weighted by molar-refractivity contribution is -0.873. The molecule has 4 heteroatoms. The summed E-state index contributed by atoms with van der Waals surface area (Å²) in [5.74, 6) is 0.857. The second-order valence-corrected chi connectivity index (χ2v) is 10.2. The Kier molecular flexibility index (Phi) is 8.12. The van der Waals surface area contributed by atoms with Crippen molar-refractivity contribution in [3.05, 3.63) is 29.8 Å². The third-order valence-electron chi connectivity index (χ3n) is 4.17. The molecule has 0 spiro atoms. The van der Waals surface area contributed by atoms with Crippen LogP contribution in [0.5, 0.6) is 5.75 Å². The number of rotatable bonds is 10. The van der Waals surface area contributed by atoms with Gasteiger partial charge in [0.15, 0.2) is 0 Å². The van der Waals surface area contributed by atoms with Gasteiger partial charge in [-0.3, -0.25) is 0 Å². The lowest BCUT2D eigenvalue weighted by Gasteiger charge is -2.33. The van der Waals surface area contributed by atoms with Crippen LogP contribution in [0.3, 0.4) is 0 Å². The van der Waals surface area contributed by atoms with E-state index >= 15 is 0 Å². The van der Waals surface area contributed by atoms with E-state index in [9.17, 15) is 5.11 Å². The predicted octanol–water partition coefficient (Wildman–Crippen LogP) is 3.86. The maximum Gasteiger partial charge on any atom is 0.126 e. The Bertz CT molecular complexity index is 524. The zero-order valence-corrected chi connectivity index (χ0v) is 18.1. The molecule has 1 N–H and O–H groups in total. The van der Waals surface area contributed by atoms with E-state index in [0.29, 0.717) is 31.8 Å². The minimum Gasteiger partial charge on any atom is -0.491 e. The van der Waals surface area contributed by atoms with Gasteiger partial charge in [0.05, 0.1) is 34.4 Å². The molecular formula is C22H40NO3+. The summed E-state index contributed by atoms with van der Waals surface area (Å²) in [6.07, 6.45) is 0.684. The number of aliphatic hydroxyl groups excluding tert-OH is 1. The molecule has 1 rings (SSSR count). The van der Waals surface area contributed by atoms with E-state index < -0.39 is 6.10 Å². The van der Waals surface area contributed by atoms with Crippen LogP contribution in [-0.2, 0) is 10.2 Å². The molecular weight excluding hydrogens is 326 g/mol. The van der Waals surface area contributed by atoms with Gasteiger partial charge in [0.2, 0.25) is 0 Å². The lowest BCUT2D eigenvalue weighted by atomic mass is 9.72. The van der Waals surface area contributed by atoms with E-state index in [0.717, 1.165) is 16.7 Å². The van der Waals surface area contributed by atoms with Crippen LogP contribution in [0.2, 0.25) is 0 Å². The first-order valence-electron chi connectivity index (χ1n) is 9.58. The zero-order chi connectivity index (χ0) is 20.0. The number of hydrogen-bond acceptors (Lipinski definition) is 3. The summed E-state index contributed by atoms with van der Waals surface area (Å²) in [5, 5.41) is 9.91. The quantitative estimate of drug-likeness (QED) is 0.505. The van der Waals surface area contributed by atoms with Crippen LogP contribution < -0.4 is 4.74 Å². The highest BCUT2D eigenvalue weighted by Gasteiger charge is 2.27. The second kappa shape index (κ2) is 9.20. The van der Waals surface area contributed by atoms with Crippen LogP contribution in [-0.4, -0.2) is 63.2 Å². The van der Waals surface area contributed by atoms with E-state index in [4.69, 9.17) is 9.47 Å². The average molecular weight is 367 g/mol. The van der Waals surface area contributed by atoms with Crippen molar-refractivity contribution in [3.8, 4) is 5.75 Å². The summed E-state index contributed by atoms with van der Waals surface area (Å²) in [4.78, 5) is 0. The third-order valence-corrected chi connectivity index (χ3v) is 4.17. The summed E-state index contributed by atoms with van der Waals surface area (Å²) in [7, 11) is 6.16. The molecule has 0 unspecified atom stereocenters. The van der Waals surface area contributed by atoms with Gasteiger partial charge in [0, 0.05) is 0 Å². The lowest BCUT2D eigenvalue weighted by Crippen LogP contribution is -2.43. The largest absolute Gasteiger partial charge is 0.491 e. The summed E-state index contributed by atoms with van der Waals surface area (Å²) in [6, 6.07) is 8.39. The van der Waals surface area contributed by atoms with Crippen molar-refractivity contribution in [2.45, 2.75) is 52.6 Å². The molecule has 1 aromatic carbocycles. The molecule has 0 fully saturated rings. The highest BCUT2D eigenvalue weighted by molar-refractivity contribution is 5.31. The molecule has 1 atom stereocenters. The molecule has 0 amide bonds. The summed E-state index contributed by atoms with van der Waals surface area (Å²) >= 11 is 0. The van der Waals surface area contributed by atoms with Crippen LogP contribution in [0.25, 0.3) is 0 Å². The van der Waals surface area contributed by atoms with Gasteiger partial charge in [0.25, 0.3) is 0 Å². The second-order valence-electron chi connectivity index (χ2n) is 10.2. The molecule has 1 aromatic rings. The van der Waals surface area contributed by atoms with E-state index in [1.807, 2.05) is 12.1 Å². The standard InChI is InChI=1S/C22H40NO3/c1-21(2,3)17-22(4,5)18-9-11-20(12-10-18)26-14-13-25-16-19(24)15-23(6,7)8/h9-12,19,24H,13-17H2,1-8H3/q+1/t19-/m0/s1. The van der Waals surface area contributed by atoms with E-state index in [-0.39, 0.29) is 5.41 Å². The SMILES string of the molecule is CC(C)(C)CC(C)(C)c1ccc(OCCOC[C@@H](O)C[N+](C)(C)C)cc1. The molecule has 26 heavy (non-hydrogen) atoms. The third kappa shape index (κ3) is 9.56. The highest BCUT2D eigenvalue weighted by atomic mass is 16.5. The van der Waals surface area contributed by atoms with Gasteiger partial charge in [-0.15, -0.1) is 0 Å². The Balaban J connectivity index is 2.37. The number of benzene rings is 1. The number of likely N-dealkylation sites (N-methyl/N-ethyl adjacent to an activating group) is 1. The summed E-state index contributed by atoms with van der Waals surface area (Å²) < 4.78 is 12.0. The average Bonchev–Trinajstić information content (AvgIpc) is 2.43. The topological polar surface area (TPSA) is 38.7 Å². The Morgan fingerprint density at radius 3 is 2.04 bits per heavy atom. The highest BCUT2D eigenvalue weighted by Crippen LogP contribution is 2.36. The minimum atomic E-state index is -0.445. The first-order valence-corrected chi connectivity index (χ1v) is 9.58. The molecule has 4 nitrogen and oxygen atoms in total. The van der Waals surface area contributed by atoms with Gasteiger partial charge < -0.3 is 19.1 Å². The molecule has 0 radical (unpaired) electrons. The molecule has 150 valence electrons. The first-order chi connectivity index (χ1) is 11.8. The maximum absolute atomic E-state index is 9.91. The van der Waals surface area contributed by atoms with Crippen molar-refractivity contribution < 1.29 is 19.1 Å². The number of hydrogen-bond donors (Lipinski definition) is 1. The normalized spacial score (nSPS) is 14.3. The van der Waals surface area contributed by atoms with Crippen LogP contribution >= 0.6 is 0 Å². The smallest absolute Gasteiger partial charge is 0.126 e. The number of nitrogens with zero attached hydrogens (tertiary/aromatic N) is 1. The van der Waals surface area contributed by atoms with Crippen molar-refractivity contribution in [1.29, 1.82) is 0 Å². The Morgan fingerprint density at radius 1 is 0.962 bits per heavy atom. The zero-order valence-electron chi connectivity index (χ0n) is 18.1. The van der Waals surface area contributed by atoms with Gasteiger partial charge in [-0.25, -0.2) is 0 Å². The first kappa shape index (κ1) is 22.9. The fourth-order valence-electron chi connectivity index (χ4n) is 3.55. The van der Waals surface area contributed by atoms with Gasteiger partial charge in [0.1, 0.15) is 25.0 Å². The van der Waals surface area contributed by atoms with Crippen LogP contribution in [0, 0.1) is 5.41 Å². The molecule has 0 saturated carbocycles. The van der Waals surface area contributed by atoms with Gasteiger partial charge in [-0.05, 0) is 34.9 Å². The van der Waals surface area contributed by atoms with Crippen molar-refractivity contribution in [2.24, 2.45) is 5.41 Å². The Hall–Kier alpha value is -1.10. The summed E-state index contributed by atoms with van der Waals surface area (Å²) in [6.45, 7) is 13.4. The molecule has 0 aliphatic heterocycles. The van der Waals surface area contributed by atoms with Gasteiger partial charge in [-0.2, -0.15) is 0 Å². The van der Waals surface area contributed by atoms with Gasteiger partial charge in [-0.1, -0.05) is 46.8 Å². The van der Waals surface area contributed by atoms with Crippen molar-refractivity contribution >= 4 is 0 Å².